The van der Waals surface area contributed by atoms with Crippen LogP contribution in [-0.4, -0.2) is 37.9 Å². The zero-order valence-corrected chi connectivity index (χ0v) is 10.9. The molecule has 0 aliphatic carbocycles. The van der Waals surface area contributed by atoms with Crippen molar-refractivity contribution in [1.82, 2.24) is 4.31 Å². The average Bonchev–Trinajstić information content (AvgIpc) is 2.40. The number of hydrogen-bond donors (Lipinski definition) is 0. The molecule has 1 aromatic rings. The maximum absolute atomic E-state index is 13.1. The molecule has 19 heavy (non-hydrogen) atoms. The van der Waals surface area contributed by atoms with Crippen LogP contribution in [0.15, 0.2) is 34.2 Å². The molecular formula is C12H13FN2O3S. The summed E-state index contributed by atoms with van der Waals surface area (Å²) in [4.78, 5) is 13.7. The molecule has 0 atom stereocenters. The number of aliphatic imine (C=N–C) groups is 1. The minimum absolute atomic E-state index is 0.0511. The molecule has 2 rings (SSSR count). The lowest BCUT2D eigenvalue weighted by atomic mass is 10.1. The summed E-state index contributed by atoms with van der Waals surface area (Å²) < 4.78 is 38.9. The van der Waals surface area contributed by atoms with E-state index in [9.17, 15) is 17.6 Å². The highest BCUT2D eigenvalue weighted by atomic mass is 32.2. The second kappa shape index (κ2) is 5.61. The normalized spacial score (nSPS) is 17.9. The van der Waals surface area contributed by atoms with E-state index in [2.05, 4.69) is 4.99 Å². The molecule has 0 spiro atoms. The fourth-order valence-electron chi connectivity index (χ4n) is 2.06. The molecule has 5 nitrogen and oxygen atoms in total. The summed E-state index contributed by atoms with van der Waals surface area (Å²) in [6.45, 7) is 0.545. The van der Waals surface area contributed by atoms with Crippen LogP contribution in [0.3, 0.4) is 0 Å². The topological polar surface area (TPSA) is 66.8 Å². The summed E-state index contributed by atoms with van der Waals surface area (Å²) in [5, 5.41) is 0. The molecule has 0 unspecified atom stereocenters. The number of isocyanates is 1. The lowest BCUT2D eigenvalue weighted by molar-refractivity contribution is 0.320. The molecule has 0 N–H and O–H groups in total. The van der Waals surface area contributed by atoms with Crippen LogP contribution in [0.2, 0.25) is 0 Å². The predicted octanol–water partition coefficient (Wildman–Crippen LogP) is 1.31. The van der Waals surface area contributed by atoms with Gasteiger partial charge in [-0.3, -0.25) is 0 Å². The first-order chi connectivity index (χ1) is 9.04. The fraction of sp³-hybridized carbons (Fsp3) is 0.417. The first-order valence-corrected chi connectivity index (χ1v) is 7.31. The van der Waals surface area contributed by atoms with Gasteiger partial charge in [-0.05, 0) is 31.0 Å². The largest absolute Gasteiger partial charge is 0.243 e. The molecule has 0 amide bonds. The van der Waals surface area contributed by atoms with Gasteiger partial charge in [0.15, 0.2) is 0 Å². The number of rotatable bonds is 3. The molecule has 7 heteroatoms. The first kappa shape index (κ1) is 13.9. The van der Waals surface area contributed by atoms with Crippen LogP contribution < -0.4 is 0 Å². The van der Waals surface area contributed by atoms with Crippen molar-refractivity contribution >= 4 is 16.1 Å². The van der Waals surface area contributed by atoms with Gasteiger partial charge < -0.3 is 0 Å². The number of sulfonamides is 1. The zero-order chi connectivity index (χ0) is 13.9. The average molecular weight is 284 g/mol. The second-order valence-corrected chi connectivity index (χ2v) is 6.25. The van der Waals surface area contributed by atoms with E-state index >= 15 is 0 Å². The van der Waals surface area contributed by atoms with Crippen LogP contribution in [0.4, 0.5) is 4.39 Å². The van der Waals surface area contributed by atoms with Crippen LogP contribution in [0.5, 0.6) is 0 Å². The van der Waals surface area contributed by atoms with E-state index in [0.29, 0.717) is 12.8 Å². The Labute approximate surface area is 110 Å². The Bertz CT molecular complexity index is 603. The van der Waals surface area contributed by atoms with Gasteiger partial charge in [0.25, 0.3) is 0 Å². The quantitative estimate of drug-likeness (QED) is 0.621. The summed E-state index contributed by atoms with van der Waals surface area (Å²) in [5.41, 5.74) is 0. The van der Waals surface area contributed by atoms with Crippen molar-refractivity contribution in [2.24, 2.45) is 4.99 Å². The summed E-state index contributed by atoms with van der Waals surface area (Å²) in [5.74, 6) is -0.582. The molecule has 102 valence electrons. The lowest BCUT2D eigenvalue weighted by Gasteiger charge is -2.28. The molecule has 1 aliphatic rings. The van der Waals surface area contributed by atoms with Gasteiger partial charge in [0.2, 0.25) is 16.1 Å². The number of halogens is 1. The standard InChI is InChI=1S/C12H13FN2O3S/c13-10-2-1-3-12(8-10)19(17,18)15-6-4-11(5-7-15)14-9-16/h1-3,8,11H,4-7H2. The van der Waals surface area contributed by atoms with Gasteiger partial charge in [-0.2, -0.15) is 4.31 Å². The third-order valence-corrected chi connectivity index (χ3v) is 4.99. The van der Waals surface area contributed by atoms with Crippen LogP contribution >= 0.6 is 0 Å². The van der Waals surface area contributed by atoms with Crippen molar-refractivity contribution in [3.63, 3.8) is 0 Å². The van der Waals surface area contributed by atoms with Crippen molar-refractivity contribution in [2.45, 2.75) is 23.8 Å². The lowest BCUT2D eigenvalue weighted by Crippen LogP contribution is -2.39. The summed E-state index contributed by atoms with van der Waals surface area (Å²) >= 11 is 0. The highest BCUT2D eigenvalue weighted by molar-refractivity contribution is 7.89. The molecule has 0 saturated carbocycles. The van der Waals surface area contributed by atoms with Gasteiger partial charge in [0.1, 0.15) is 5.82 Å². The number of nitrogens with zero attached hydrogens (tertiary/aromatic N) is 2. The Morgan fingerprint density at radius 3 is 2.58 bits per heavy atom. The van der Waals surface area contributed by atoms with E-state index in [1.54, 1.807) is 0 Å². The molecule has 0 radical (unpaired) electrons. The van der Waals surface area contributed by atoms with E-state index in [0.717, 1.165) is 6.07 Å². The van der Waals surface area contributed by atoms with Gasteiger partial charge in [0, 0.05) is 13.1 Å². The van der Waals surface area contributed by atoms with Crippen LogP contribution in [-0.2, 0) is 14.8 Å². The summed E-state index contributed by atoms with van der Waals surface area (Å²) in [7, 11) is -3.67. The molecule has 0 aromatic heterocycles. The molecule has 1 fully saturated rings. The number of piperidine rings is 1. The molecule has 1 saturated heterocycles. The molecule has 1 heterocycles. The highest BCUT2D eigenvalue weighted by Crippen LogP contribution is 2.22. The maximum Gasteiger partial charge on any atom is 0.243 e. The maximum atomic E-state index is 13.1. The van der Waals surface area contributed by atoms with E-state index < -0.39 is 15.8 Å². The summed E-state index contributed by atoms with van der Waals surface area (Å²) in [6, 6.07) is 4.77. The van der Waals surface area contributed by atoms with Crippen molar-refractivity contribution in [2.75, 3.05) is 13.1 Å². The predicted molar refractivity (Wildman–Crippen MR) is 66.3 cm³/mol. The highest BCUT2D eigenvalue weighted by Gasteiger charge is 2.29. The Balaban J connectivity index is 2.16. The summed E-state index contributed by atoms with van der Waals surface area (Å²) in [6.07, 6.45) is 2.44. The Morgan fingerprint density at radius 2 is 2.00 bits per heavy atom. The minimum Gasteiger partial charge on any atom is -0.211 e. The van der Waals surface area contributed by atoms with E-state index in [-0.39, 0.29) is 24.0 Å². The van der Waals surface area contributed by atoms with E-state index in [1.165, 1.54) is 28.6 Å². The Morgan fingerprint density at radius 1 is 1.32 bits per heavy atom. The van der Waals surface area contributed by atoms with Crippen LogP contribution in [0.1, 0.15) is 12.8 Å². The minimum atomic E-state index is -3.67. The van der Waals surface area contributed by atoms with Gasteiger partial charge in [-0.25, -0.2) is 22.6 Å². The van der Waals surface area contributed by atoms with Crippen molar-refractivity contribution in [1.29, 1.82) is 0 Å². The number of carbonyl (C=O) groups excluding carboxylic acids is 1. The monoisotopic (exact) mass is 284 g/mol. The molecular weight excluding hydrogens is 271 g/mol. The van der Waals surface area contributed by atoms with Crippen molar-refractivity contribution < 1.29 is 17.6 Å². The van der Waals surface area contributed by atoms with Crippen molar-refractivity contribution in [3.05, 3.63) is 30.1 Å². The SMILES string of the molecule is O=C=NC1CCN(S(=O)(=O)c2cccc(F)c2)CC1. The molecule has 1 aromatic carbocycles. The third-order valence-electron chi connectivity index (χ3n) is 3.09. The second-order valence-electron chi connectivity index (χ2n) is 4.31. The molecule has 0 bridgehead atoms. The van der Waals surface area contributed by atoms with Gasteiger partial charge in [0.05, 0.1) is 10.9 Å². The van der Waals surface area contributed by atoms with Crippen LogP contribution in [0.25, 0.3) is 0 Å². The fourth-order valence-corrected chi connectivity index (χ4v) is 3.56. The van der Waals surface area contributed by atoms with Crippen LogP contribution in [0, 0.1) is 5.82 Å². The van der Waals surface area contributed by atoms with E-state index in [4.69, 9.17) is 0 Å². The third kappa shape index (κ3) is 3.07. The van der Waals surface area contributed by atoms with Crippen molar-refractivity contribution in [3.8, 4) is 0 Å². The zero-order valence-electron chi connectivity index (χ0n) is 10.1. The smallest absolute Gasteiger partial charge is 0.211 e. The molecule has 1 aliphatic heterocycles. The Kier molecular flexibility index (Phi) is 4.09. The first-order valence-electron chi connectivity index (χ1n) is 5.87. The Hall–Kier alpha value is -1.56. The van der Waals surface area contributed by atoms with Gasteiger partial charge >= 0.3 is 0 Å². The number of benzene rings is 1. The van der Waals surface area contributed by atoms with Gasteiger partial charge in [-0.1, -0.05) is 6.07 Å². The number of hydrogen-bond acceptors (Lipinski definition) is 4. The van der Waals surface area contributed by atoms with Gasteiger partial charge in [-0.15, -0.1) is 0 Å². The van der Waals surface area contributed by atoms with E-state index in [1.807, 2.05) is 0 Å².